The van der Waals surface area contributed by atoms with Crippen molar-refractivity contribution in [3.63, 3.8) is 0 Å². The lowest BCUT2D eigenvalue weighted by atomic mass is 10.1. The molecule has 0 saturated heterocycles. The normalized spacial score (nSPS) is 15.4. The first-order valence-corrected chi connectivity index (χ1v) is 8.84. The summed E-state index contributed by atoms with van der Waals surface area (Å²) in [6.45, 7) is 6.04. The second-order valence-electron chi connectivity index (χ2n) is 5.37. The van der Waals surface area contributed by atoms with Crippen molar-refractivity contribution in [2.45, 2.75) is 38.8 Å². The topological polar surface area (TPSA) is 61.4 Å². The third kappa shape index (κ3) is 6.63. The molecular formula is C14H24N2O2S2. The minimum atomic E-state index is -0.870. The molecule has 1 rings (SSSR count). The van der Waals surface area contributed by atoms with Crippen LogP contribution in [0.5, 0.6) is 0 Å². The lowest BCUT2D eigenvalue weighted by molar-refractivity contribution is 0.0868. The van der Waals surface area contributed by atoms with Gasteiger partial charge in [-0.25, -0.2) is 4.79 Å². The van der Waals surface area contributed by atoms with Crippen molar-refractivity contribution in [3.05, 3.63) is 21.9 Å². The van der Waals surface area contributed by atoms with Crippen molar-refractivity contribution in [2.24, 2.45) is 0 Å². The summed E-state index contributed by atoms with van der Waals surface area (Å²) in [5.74, 6) is 0.595. The zero-order chi connectivity index (χ0) is 15.2. The van der Waals surface area contributed by atoms with Crippen molar-refractivity contribution >= 4 is 29.1 Å². The number of carbonyl (C=O) groups is 1. The summed E-state index contributed by atoms with van der Waals surface area (Å²) in [5.41, 5.74) is -0.870. The quantitative estimate of drug-likeness (QED) is 0.724. The van der Waals surface area contributed by atoms with Gasteiger partial charge >= 0.3 is 6.03 Å². The van der Waals surface area contributed by atoms with E-state index in [-0.39, 0.29) is 18.6 Å². The van der Waals surface area contributed by atoms with Crippen molar-refractivity contribution in [2.75, 3.05) is 18.6 Å². The molecule has 1 heterocycles. The van der Waals surface area contributed by atoms with Crippen LogP contribution >= 0.6 is 23.1 Å². The summed E-state index contributed by atoms with van der Waals surface area (Å²) in [5, 5.41) is 15.6. The molecule has 20 heavy (non-hydrogen) atoms. The molecule has 3 N–H and O–H groups in total. The summed E-state index contributed by atoms with van der Waals surface area (Å²) >= 11 is 3.31. The molecule has 0 saturated carbocycles. The molecule has 0 radical (unpaired) electrons. The zero-order valence-electron chi connectivity index (χ0n) is 12.5. The van der Waals surface area contributed by atoms with Gasteiger partial charge in [-0.1, -0.05) is 0 Å². The second-order valence-corrected chi connectivity index (χ2v) is 7.61. The molecule has 0 spiro atoms. The van der Waals surface area contributed by atoms with Crippen molar-refractivity contribution in [1.29, 1.82) is 0 Å². The fraction of sp³-hybridized carbons (Fsp3) is 0.643. The van der Waals surface area contributed by atoms with Crippen LogP contribution in [0.3, 0.4) is 0 Å². The van der Waals surface area contributed by atoms with Gasteiger partial charge in [0.1, 0.15) is 0 Å². The van der Waals surface area contributed by atoms with Crippen molar-refractivity contribution in [3.8, 4) is 0 Å². The predicted octanol–water partition coefficient (Wildman–Crippen LogP) is 2.40. The highest BCUT2D eigenvalue weighted by Gasteiger charge is 2.20. The SMILES string of the molecule is CSCC(C)(O)CNC(=O)NC(C)Cc1ccc(C)s1. The highest BCUT2D eigenvalue weighted by molar-refractivity contribution is 7.98. The Hall–Kier alpha value is -0.720. The van der Waals surface area contributed by atoms with E-state index in [1.165, 1.54) is 9.75 Å². The average Bonchev–Trinajstić information content (AvgIpc) is 2.72. The molecule has 4 nitrogen and oxygen atoms in total. The first kappa shape index (κ1) is 17.3. The number of thiophene rings is 1. The van der Waals surface area contributed by atoms with E-state index in [0.717, 1.165) is 6.42 Å². The maximum atomic E-state index is 11.8. The summed E-state index contributed by atoms with van der Waals surface area (Å²) in [6, 6.07) is 4.02. The predicted molar refractivity (Wildman–Crippen MR) is 87.8 cm³/mol. The molecule has 2 atom stereocenters. The number of urea groups is 1. The Labute approximate surface area is 129 Å². The van der Waals surface area contributed by atoms with Crippen LogP contribution in [0.15, 0.2) is 12.1 Å². The molecule has 114 valence electrons. The Morgan fingerprint density at radius 1 is 1.55 bits per heavy atom. The van der Waals surface area contributed by atoms with Gasteiger partial charge < -0.3 is 15.7 Å². The van der Waals surface area contributed by atoms with Crippen LogP contribution in [0.25, 0.3) is 0 Å². The van der Waals surface area contributed by atoms with Crippen molar-refractivity contribution in [1.82, 2.24) is 10.6 Å². The minimum Gasteiger partial charge on any atom is -0.387 e. The van der Waals surface area contributed by atoms with Gasteiger partial charge in [-0.2, -0.15) is 11.8 Å². The summed E-state index contributed by atoms with van der Waals surface area (Å²) < 4.78 is 0. The number of carbonyl (C=O) groups excluding carboxylic acids is 1. The van der Waals surface area contributed by atoms with Gasteiger partial charge in [-0.05, 0) is 39.2 Å². The number of amides is 2. The molecule has 0 aromatic carbocycles. The minimum absolute atomic E-state index is 0.0681. The van der Waals surface area contributed by atoms with E-state index in [1.807, 2.05) is 13.2 Å². The number of thioether (sulfide) groups is 1. The molecule has 2 unspecified atom stereocenters. The van der Waals surface area contributed by atoms with E-state index < -0.39 is 5.60 Å². The first-order valence-electron chi connectivity index (χ1n) is 6.63. The van der Waals surface area contributed by atoms with Crippen LogP contribution in [0, 0.1) is 6.92 Å². The lowest BCUT2D eigenvalue weighted by Crippen LogP contribution is -2.48. The zero-order valence-corrected chi connectivity index (χ0v) is 14.2. The molecule has 0 fully saturated rings. The van der Waals surface area contributed by atoms with Crippen LogP contribution in [-0.4, -0.2) is 41.3 Å². The Kier molecular flexibility index (Phi) is 6.85. The summed E-state index contributed by atoms with van der Waals surface area (Å²) in [7, 11) is 0. The van der Waals surface area contributed by atoms with E-state index in [4.69, 9.17) is 0 Å². The molecule has 6 heteroatoms. The number of aliphatic hydroxyl groups is 1. The fourth-order valence-electron chi connectivity index (χ4n) is 1.86. The highest BCUT2D eigenvalue weighted by Crippen LogP contribution is 2.16. The van der Waals surface area contributed by atoms with E-state index in [9.17, 15) is 9.90 Å². The van der Waals surface area contributed by atoms with Crippen LogP contribution in [0.2, 0.25) is 0 Å². The highest BCUT2D eigenvalue weighted by atomic mass is 32.2. The van der Waals surface area contributed by atoms with Crippen LogP contribution in [0.1, 0.15) is 23.6 Å². The van der Waals surface area contributed by atoms with E-state index in [1.54, 1.807) is 30.0 Å². The largest absolute Gasteiger partial charge is 0.387 e. The van der Waals surface area contributed by atoms with E-state index in [2.05, 4.69) is 29.7 Å². The third-order valence-corrected chi connectivity index (χ3v) is 4.70. The van der Waals surface area contributed by atoms with Crippen LogP contribution in [-0.2, 0) is 6.42 Å². The maximum Gasteiger partial charge on any atom is 0.315 e. The Bertz CT molecular complexity index is 433. The molecule has 1 aromatic rings. The summed E-state index contributed by atoms with van der Waals surface area (Å²) in [6.07, 6.45) is 2.76. The fourth-order valence-corrected chi connectivity index (χ4v) is 3.60. The van der Waals surface area contributed by atoms with E-state index in [0.29, 0.717) is 5.75 Å². The smallest absolute Gasteiger partial charge is 0.315 e. The standard InChI is InChI=1S/C14H24N2O2S2/c1-10(7-12-6-5-11(2)20-12)16-13(17)15-8-14(3,18)9-19-4/h5-6,10,18H,7-9H2,1-4H3,(H2,15,16,17). The number of nitrogens with one attached hydrogen (secondary N) is 2. The van der Waals surface area contributed by atoms with Crippen LogP contribution in [0.4, 0.5) is 4.79 Å². The molecule has 0 aliphatic heterocycles. The third-order valence-electron chi connectivity index (χ3n) is 2.77. The molecular weight excluding hydrogens is 292 g/mol. The lowest BCUT2D eigenvalue weighted by Gasteiger charge is -2.23. The molecule has 0 aliphatic carbocycles. The van der Waals surface area contributed by atoms with Gasteiger partial charge in [0.05, 0.1) is 5.60 Å². The average molecular weight is 316 g/mol. The number of aryl methyl sites for hydroxylation is 1. The molecule has 1 aromatic heterocycles. The Morgan fingerprint density at radius 3 is 2.80 bits per heavy atom. The van der Waals surface area contributed by atoms with Gasteiger partial charge in [-0.15, -0.1) is 11.3 Å². The van der Waals surface area contributed by atoms with Crippen LogP contribution < -0.4 is 10.6 Å². The monoisotopic (exact) mass is 316 g/mol. The van der Waals surface area contributed by atoms with Crippen molar-refractivity contribution < 1.29 is 9.90 Å². The number of hydrogen-bond acceptors (Lipinski definition) is 4. The molecule has 0 bridgehead atoms. The van der Waals surface area contributed by atoms with Gasteiger partial charge in [0.15, 0.2) is 0 Å². The van der Waals surface area contributed by atoms with Gasteiger partial charge in [0.2, 0.25) is 0 Å². The maximum absolute atomic E-state index is 11.8. The molecule has 0 aliphatic rings. The first-order chi connectivity index (χ1) is 9.32. The van der Waals surface area contributed by atoms with Gasteiger partial charge in [-0.3, -0.25) is 0 Å². The van der Waals surface area contributed by atoms with E-state index >= 15 is 0 Å². The van der Waals surface area contributed by atoms with Gasteiger partial charge in [0.25, 0.3) is 0 Å². The molecule has 2 amide bonds. The Morgan fingerprint density at radius 2 is 2.25 bits per heavy atom. The second kappa shape index (κ2) is 7.90. The number of rotatable bonds is 7. The van der Waals surface area contributed by atoms with Gasteiger partial charge in [0, 0.05) is 34.5 Å². The summed E-state index contributed by atoms with van der Waals surface area (Å²) in [4.78, 5) is 14.3. The number of hydrogen-bond donors (Lipinski definition) is 3. The Balaban J connectivity index is 2.31.